The molecular formula is C8H9NO4. The molecule has 70 valence electrons. The fourth-order valence-corrected chi connectivity index (χ4v) is 0.813. The van der Waals surface area contributed by atoms with E-state index < -0.39 is 12.1 Å². The van der Waals surface area contributed by atoms with E-state index in [2.05, 4.69) is 4.89 Å². The van der Waals surface area contributed by atoms with E-state index in [1.807, 2.05) is 0 Å². The first kappa shape index (κ1) is 9.86. The van der Waals surface area contributed by atoms with Crippen LogP contribution in [0, 0.1) is 11.3 Å². The van der Waals surface area contributed by atoms with Crippen LogP contribution in [0.4, 0.5) is 0 Å². The molecule has 0 saturated carbocycles. The Labute approximate surface area is 75.4 Å². The molecule has 5 heteroatoms. The molecule has 0 aromatic carbocycles. The van der Waals surface area contributed by atoms with Gasteiger partial charge < -0.3 is 4.74 Å². The van der Waals surface area contributed by atoms with Crippen molar-refractivity contribution in [1.82, 2.24) is 0 Å². The Bertz CT molecular complexity index is 257. The number of nitrogens with zero attached hydrogens (tertiary/aromatic N) is 1. The first-order valence-electron chi connectivity index (χ1n) is 3.74. The Balaban J connectivity index is 2.38. The van der Waals surface area contributed by atoms with Crippen LogP contribution in [0.5, 0.6) is 0 Å². The van der Waals surface area contributed by atoms with E-state index in [1.54, 1.807) is 12.1 Å². The van der Waals surface area contributed by atoms with Crippen LogP contribution in [0.1, 0.15) is 13.3 Å². The van der Waals surface area contributed by atoms with Crippen molar-refractivity contribution in [2.75, 3.05) is 0 Å². The number of allylic oxidation sites excluding steroid dienone is 1. The lowest BCUT2D eigenvalue weighted by molar-refractivity contribution is -0.310. The van der Waals surface area contributed by atoms with Gasteiger partial charge in [0.1, 0.15) is 12.4 Å². The SMILES string of the molecule is CC1(C#N)OOC(C/C=C\C=O)O1. The second kappa shape index (κ2) is 4.14. The third-order valence-corrected chi connectivity index (χ3v) is 1.42. The fraction of sp³-hybridized carbons (Fsp3) is 0.500. The second-order valence-electron chi connectivity index (χ2n) is 2.58. The minimum atomic E-state index is -1.33. The summed E-state index contributed by atoms with van der Waals surface area (Å²) in [6.45, 7) is 1.45. The van der Waals surface area contributed by atoms with Crippen LogP contribution in [-0.4, -0.2) is 18.4 Å². The highest BCUT2D eigenvalue weighted by molar-refractivity contribution is 5.64. The fourth-order valence-electron chi connectivity index (χ4n) is 0.813. The van der Waals surface area contributed by atoms with Crippen LogP contribution in [0.3, 0.4) is 0 Å². The van der Waals surface area contributed by atoms with Crippen molar-refractivity contribution in [1.29, 1.82) is 5.26 Å². The normalized spacial score (nSPS) is 33.4. The molecule has 1 fully saturated rings. The van der Waals surface area contributed by atoms with Gasteiger partial charge in [-0.25, -0.2) is 0 Å². The maximum atomic E-state index is 9.91. The Morgan fingerprint density at radius 2 is 2.46 bits per heavy atom. The largest absolute Gasteiger partial charge is 0.303 e. The summed E-state index contributed by atoms with van der Waals surface area (Å²) in [6.07, 6.45) is 3.30. The monoisotopic (exact) mass is 183 g/mol. The highest BCUT2D eigenvalue weighted by atomic mass is 17.3. The molecule has 0 amide bonds. The van der Waals surface area contributed by atoms with Crippen LogP contribution in [-0.2, 0) is 19.3 Å². The lowest BCUT2D eigenvalue weighted by atomic mass is 10.3. The molecule has 0 aliphatic carbocycles. The van der Waals surface area contributed by atoms with Crippen molar-refractivity contribution in [3.8, 4) is 6.07 Å². The Kier molecular flexibility index (Phi) is 3.14. The summed E-state index contributed by atoms with van der Waals surface area (Å²) in [5.41, 5.74) is 0. The molecule has 1 aliphatic heterocycles. The zero-order valence-electron chi connectivity index (χ0n) is 7.10. The molecule has 0 N–H and O–H groups in total. The van der Waals surface area contributed by atoms with E-state index in [4.69, 9.17) is 14.9 Å². The van der Waals surface area contributed by atoms with Crippen LogP contribution < -0.4 is 0 Å². The standard InChI is InChI=1S/C8H9NO4/c1-8(6-9)11-7(12-13-8)4-2-3-5-10/h2-3,5,7H,4H2,1H3/b3-2-. The number of ether oxygens (including phenoxy) is 1. The third kappa shape index (κ3) is 2.63. The highest BCUT2D eigenvalue weighted by Crippen LogP contribution is 2.25. The Hall–Kier alpha value is -1.22. The first-order valence-corrected chi connectivity index (χ1v) is 3.74. The van der Waals surface area contributed by atoms with Gasteiger partial charge in [0, 0.05) is 13.3 Å². The number of hydrogen-bond acceptors (Lipinski definition) is 5. The number of nitriles is 1. The van der Waals surface area contributed by atoms with Crippen molar-refractivity contribution in [3.05, 3.63) is 12.2 Å². The molecule has 1 rings (SSSR count). The van der Waals surface area contributed by atoms with E-state index in [0.717, 1.165) is 0 Å². The molecule has 0 aromatic heterocycles. The highest BCUT2D eigenvalue weighted by Gasteiger charge is 2.39. The lowest BCUT2D eigenvalue weighted by Crippen LogP contribution is -2.23. The van der Waals surface area contributed by atoms with Crippen molar-refractivity contribution < 1.29 is 19.3 Å². The molecule has 1 aliphatic rings. The summed E-state index contributed by atoms with van der Waals surface area (Å²) in [5.74, 6) is -1.33. The second-order valence-corrected chi connectivity index (χ2v) is 2.58. The molecule has 0 bridgehead atoms. The van der Waals surface area contributed by atoms with Crippen LogP contribution in [0.2, 0.25) is 0 Å². The van der Waals surface area contributed by atoms with Gasteiger partial charge in [0.05, 0.1) is 0 Å². The van der Waals surface area contributed by atoms with E-state index in [0.29, 0.717) is 12.7 Å². The van der Waals surface area contributed by atoms with Crippen molar-refractivity contribution in [3.63, 3.8) is 0 Å². The van der Waals surface area contributed by atoms with Gasteiger partial charge >= 0.3 is 0 Å². The lowest BCUT2D eigenvalue weighted by Gasteiger charge is -2.08. The van der Waals surface area contributed by atoms with Gasteiger partial charge in [0.2, 0.25) is 0 Å². The van der Waals surface area contributed by atoms with E-state index in [9.17, 15) is 4.79 Å². The molecule has 13 heavy (non-hydrogen) atoms. The molecule has 2 unspecified atom stereocenters. The number of aldehydes is 1. The van der Waals surface area contributed by atoms with E-state index in [-0.39, 0.29) is 0 Å². The van der Waals surface area contributed by atoms with Gasteiger partial charge in [-0.05, 0) is 6.08 Å². The smallest absolute Gasteiger partial charge is 0.288 e. The summed E-state index contributed by atoms with van der Waals surface area (Å²) in [7, 11) is 0. The minimum absolute atomic E-state index is 0.371. The zero-order chi connectivity index (χ0) is 9.73. The van der Waals surface area contributed by atoms with Gasteiger partial charge in [-0.15, -0.1) is 0 Å². The maximum absolute atomic E-state index is 9.91. The Morgan fingerprint density at radius 3 is 3.00 bits per heavy atom. The van der Waals surface area contributed by atoms with Crippen molar-refractivity contribution in [2.45, 2.75) is 25.4 Å². The summed E-state index contributed by atoms with van der Waals surface area (Å²) in [4.78, 5) is 19.2. The Morgan fingerprint density at radius 1 is 1.69 bits per heavy atom. The molecule has 0 aromatic rings. The van der Waals surface area contributed by atoms with Gasteiger partial charge in [0.25, 0.3) is 5.79 Å². The first-order chi connectivity index (χ1) is 6.20. The van der Waals surface area contributed by atoms with Gasteiger partial charge in [-0.3, -0.25) is 4.79 Å². The summed E-state index contributed by atoms with van der Waals surface area (Å²) >= 11 is 0. The molecular weight excluding hydrogens is 174 g/mol. The number of carbonyl (C=O) groups excluding carboxylic acids is 1. The van der Waals surface area contributed by atoms with Crippen molar-refractivity contribution in [2.24, 2.45) is 0 Å². The van der Waals surface area contributed by atoms with Crippen LogP contribution in [0.25, 0.3) is 0 Å². The molecule has 1 heterocycles. The van der Waals surface area contributed by atoms with E-state index >= 15 is 0 Å². The summed E-state index contributed by atoms with van der Waals surface area (Å²) in [5, 5.41) is 8.56. The predicted molar refractivity (Wildman–Crippen MR) is 40.9 cm³/mol. The quantitative estimate of drug-likeness (QED) is 0.365. The van der Waals surface area contributed by atoms with Gasteiger partial charge in [-0.2, -0.15) is 15.0 Å². The van der Waals surface area contributed by atoms with Crippen LogP contribution in [0.15, 0.2) is 12.2 Å². The minimum Gasteiger partial charge on any atom is -0.303 e. The molecule has 1 saturated heterocycles. The van der Waals surface area contributed by atoms with Crippen LogP contribution >= 0.6 is 0 Å². The molecule has 2 atom stereocenters. The summed E-state index contributed by atoms with van der Waals surface area (Å²) in [6, 6.07) is 1.80. The zero-order valence-corrected chi connectivity index (χ0v) is 7.10. The number of hydrogen-bond donors (Lipinski definition) is 0. The average molecular weight is 183 g/mol. The number of carbonyl (C=O) groups is 1. The number of rotatable bonds is 3. The summed E-state index contributed by atoms with van der Waals surface area (Å²) < 4.78 is 5.07. The topological polar surface area (TPSA) is 68.5 Å². The third-order valence-electron chi connectivity index (χ3n) is 1.42. The van der Waals surface area contributed by atoms with Gasteiger partial charge in [-0.1, -0.05) is 6.08 Å². The van der Waals surface area contributed by atoms with E-state index in [1.165, 1.54) is 13.0 Å². The van der Waals surface area contributed by atoms with Crippen molar-refractivity contribution >= 4 is 6.29 Å². The predicted octanol–water partition coefficient (Wildman–Crippen LogP) is 0.676. The molecule has 5 nitrogen and oxygen atoms in total. The molecule has 0 spiro atoms. The van der Waals surface area contributed by atoms with Gasteiger partial charge in [0.15, 0.2) is 6.29 Å². The molecule has 0 radical (unpaired) electrons. The maximum Gasteiger partial charge on any atom is 0.288 e. The average Bonchev–Trinajstić information content (AvgIpc) is 2.50.